The largest absolute Gasteiger partial charge is 0.792 e. The van der Waals surface area contributed by atoms with Crippen molar-refractivity contribution in [2.24, 2.45) is 10.3 Å². The maximum atomic E-state index is 9.85. The van der Waals surface area contributed by atoms with Gasteiger partial charge in [-0.05, 0) is 24.3 Å². The van der Waals surface area contributed by atoms with Crippen LogP contribution in [0, 0.1) is 10.4 Å². The third-order valence-corrected chi connectivity index (χ3v) is 1.06. The highest BCUT2D eigenvalue weighted by atomic mass is 16.4. The van der Waals surface area contributed by atoms with Gasteiger partial charge in [-0.15, -0.1) is 0 Å². The van der Waals surface area contributed by atoms with Crippen molar-refractivity contribution in [2.75, 3.05) is 0 Å². The topological polar surface area (TPSA) is 70.8 Å². The monoisotopic (exact) mass is 136 g/mol. The van der Waals surface area contributed by atoms with Crippen molar-refractivity contribution in [2.45, 2.75) is 0 Å². The molecule has 0 unspecified atom stereocenters. The molecule has 4 nitrogen and oxygen atoms in total. The van der Waals surface area contributed by atoms with Crippen LogP contribution in [-0.2, 0) is 0 Å². The number of nitrogens with zero attached hydrogens (tertiary/aromatic N) is 2. The van der Waals surface area contributed by atoms with Crippen LogP contribution in [0.2, 0.25) is 0 Å². The van der Waals surface area contributed by atoms with Gasteiger partial charge in [0.1, 0.15) is 0 Å². The molecule has 0 atom stereocenters. The lowest BCUT2D eigenvalue weighted by molar-refractivity contribution is 1.59. The van der Waals surface area contributed by atoms with Gasteiger partial charge in [0.2, 0.25) is 0 Å². The van der Waals surface area contributed by atoms with Gasteiger partial charge in [-0.3, -0.25) is 0 Å². The molecule has 0 aromatic heterocycles. The smallest absolute Gasteiger partial charge is 0.0520 e. The average Bonchev–Trinajstić information content (AvgIpc) is 2.05. The van der Waals surface area contributed by atoms with E-state index < -0.39 is 0 Å². The van der Waals surface area contributed by atoms with Crippen LogP contribution in [0.15, 0.2) is 34.6 Å². The van der Waals surface area contributed by atoms with Gasteiger partial charge in [-0.25, -0.2) is 0 Å². The molecule has 1 aliphatic carbocycles. The van der Waals surface area contributed by atoms with Crippen LogP contribution in [0.4, 0.5) is 0 Å². The van der Waals surface area contributed by atoms with E-state index in [0.29, 0.717) is 11.4 Å². The normalized spacial score (nSPS) is 15.6. The second-order valence-electron chi connectivity index (χ2n) is 1.70. The molecule has 0 amide bonds. The van der Waals surface area contributed by atoms with Gasteiger partial charge in [0.15, 0.2) is 0 Å². The third-order valence-electron chi connectivity index (χ3n) is 1.06. The third kappa shape index (κ3) is 1.22. The van der Waals surface area contributed by atoms with Gasteiger partial charge in [-0.1, -0.05) is 0 Å². The Labute approximate surface area is 57.5 Å². The summed E-state index contributed by atoms with van der Waals surface area (Å²) in [6.07, 6.45) is 5.74. The summed E-state index contributed by atoms with van der Waals surface area (Å²) in [6.45, 7) is 0. The molecule has 4 heteroatoms. The molecule has 0 aliphatic heterocycles. The SMILES string of the molecule is [O-]N=C1C=CC(=N[O-])C=C1. The van der Waals surface area contributed by atoms with E-state index >= 15 is 0 Å². The summed E-state index contributed by atoms with van der Waals surface area (Å²) in [5, 5.41) is 25.0. The molecule has 0 spiro atoms. The van der Waals surface area contributed by atoms with Crippen LogP contribution in [0.1, 0.15) is 0 Å². The van der Waals surface area contributed by atoms with E-state index in [2.05, 4.69) is 10.3 Å². The van der Waals surface area contributed by atoms with Crippen molar-refractivity contribution in [3.63, 3.8) is 0 Å². The quantitative estimate of drug-likeness (QED) is 0.368. The molecule has 0 radical (unpaired) electrons. The molecule has 1 aliphatic rings. The molecule has 10 heavy (non-hydrogen) atoms. The molecule has 1 rings (SSSR count). The van der Waals surface area contributed by atoms with E-state index in [4.69, 9.17) is 0 Å². The predicted molar refractivity (Wildman–Crippen MR) is 39.9 cm³/mol. The average molecular weight is 136 g/mol. The zero-order valence-electron chi connectivity index (χ0n) is 5.02. The molecular weight excluding hydrogens is 132 g/mol. The van der Waals surface area contributed by atoms with Gasteiger partial charge in [-0.2, -0.15) is 0 Å². The fraction of sp³-hybridized carbons (Fsp3) is 0. The van der Waals surface area contributed by atoms with E-state index in [1.807, 2.05) is 0 Å². The van der Waals surface area contributed by atoms with Crippen LogP contribution in [0.5, 0.6) is 0 Å². The summed E-state index contributed by atoms with van der Waals surface area (Å²) in [6, 6.07) is 0. The molecule has 0 fully saturated rings. The summed E-state index contributed by atoms with van der Waals surface area (Å²) in [5.74, 6) is 0. The fourth-order valence-corrected chi connectivity index (χ4v) is 0.574. The Kier molecular flexibility index (Phi) is 1.84. The van der Waals surface area contributed by atoms with Crippen molar-refractivity contribution in [3.8, 4) is 0 Å². The van der Waals surface area contributed by atoms with Crippen LogP contribution >= 0.6 is 0 Å². The number of hydrogen-bond donors (Lipinski definition) is 0. The Bertz CT molecular complexity index is 196. The van der Waals surface area contributed by atoms with Gasteiger partial charge in [0.25, 0.3) is 0 Å². The zero-order chi connectivity index (χ0) is 7.40. The minimum Gasteiger partial charge on any atom is -0.792 e. The maximum absolute atomic E-state index is 9.85. The minimum absolute atomic E-state index is 0.299. The number of allylic oxidation sites excluding steroid dienone is 4. The van der Waals surface area contributed by atoms with E-state index in [1.165, 1.54) is 24.3 Å². The van der Waals surface area contributed by atoms with E-state index in [1.54, 1.807) is 0 Å². The standard InChI is InChI=1S/C6H6N2O2/c9-7-5-1-2-6(8-10)4-3-5/h1-4,9-10H/p-2. The summed E-state index contributed by atoms with van der Waals surface area (Å²) >= 11 is 0. The molecule has 52 valence electrons. The Morgan fingerprint density at radius 3 is 1.30 bits per heavy atom. The lowest BCUT2D eigenvalue weighted by Crippen LogP contribution is -1.98. The zero-order valence-corrected chi connectivity index (χ0v) is 5.02. The molecule has 0 aromatic rings. The molecule has 0 saturated heterocycles. The predicted octanol–water partition coefficient (Wildman–Crippen LogP) is 0.990. The lowest BCUT2D eigenvalue weighted by atomic mass is 10.1. The first-order valence-electron chi connectivity index (χ1n) is 2.63. The van der Waals surface area contributed by atoms with Gasteiger partial charge in [0.05, 0.1) is 11.4 Å². The summed E-state index contributed by atoms with van der Waals surface area (Å²) in [5.41, 5.74) is 0.597. The summed E-state index contributed by atoms with van der Waals surface area (Å²) < 4.78 is 0. The first-order chi connectivity index (χ1) is 4.86. The Morgan fingerprint density at radius 1 is 0.800 bits per heavy atom. The van der Waals surface area contributed by atoms with E-state index in [-0.39, 0.29) is 0 Å². The van der Waals surface area contributed by atoms with Crippen molar-refractivity contribution in [3.05, 3.63) is 34.7 Å². The van der Waals surface area contributed by atoms with Crippen LogP contribution in [-0.4, -0.2) is 11.4 Å². The molecule has 0 bridgehead atoms. The maximum Gasteiger partial charge on any atom is 0.0520 e. The van der Waals surface area contributed by atoms with Crippen molar-refractivity contribution >= 4 is 11.4 Å². The minimum atomic E-state index is 0.299. The fourth-order valence-electron chi connectivity index (χ4n) is 0.574. The highest BCUT2D eigenvalue weighted by molar-refractivity contribution is 6.18. The van der Waals surface area contributed by atoms with Crippen LogP contribution < -0.4 is 0 Å². The van der Waals surface area contributed by atoms with Crippen LogP contribution in [0.3, 0.4) is 0 Å². The molecule has 0 saturated carbocycles. The lowest BCUT2D eigenvalue weighted by Gasteiger charge is -2.04. The summed E-state index contributed by atoms with van der Waals surface area (Å²) in [7, 11) is 0. The molecular formula is C6H4N2O2-2. The number of rotatable bonds is 0. The van der Waals surface area contributed by atoms with Crippen LogP contribution in [0.25, 0.3) is 0 Å². The highest BCUT2D eigenvalue weighted by Gasteiger charge is 1.93. The Balaban J connectivity index is 2.81. The van der Waals surface area contributed by atoms with Crippen molar-refractivity contribution < 1.29 is 0 Å². The Morgan fingerprint density at radius 2 is 1.10 bits per heavy atom. The first-order valence-corrected chi connectivity index (χ1v) is 2.63. The highest BCUT2D eigenvalue weighted by Crippen LogP contribution is 1.96. The van der Waals surface area contributed by atoms with E-state index in [9.17, 15) is 10.4 Å². The van der Waals surface area contributed by atoms with Crippen molar-refractivity contribution in [1.29, 1.82) is 0 Å². The van der Waals surface area contributed by atoms with Gasteiger partial charge < -0.3 is 20.7 Å². The second kappa shape index (κ2) is 2.82. The second-order valence-corrected chi connectivity index (χ2v) is 1.70. The first kappa shape index (κ1) is 6.54. The number of hydrogen-bond acceptors (Lipinski definition) is 4. The Hall–Kier alpha value is -1.58. The van der Waals surface area contributed by atoms with Gasteiger partial charge >= 0.3 is 0 Å². The van der Waals surface area contributed by atoms with E-state index in [0.717, 1.165) is 0 Å². The molecule has 0 aromatic carbocycles. The molecule has 0 N–H and O–H groups in total. The molecule has 0 heterocycles. The van der Waals surface area contributed by atoms with Gasteiger partial charge in [0, 0.05) is 0 Å². The summed E-state index contributed by atoms with van der Waals surface area (Å²) in [4.78, 5) is 0. The van der Waals surface area contributed by atoms with Crippen molar-refractivity contribution in [1.82, 2.24) is 0 Å².